The third kappa shape index (κ3) is 7.11. The van der Waals surface area contributed by atoms with Crippen molar-refractivity contribution in [2.45, 2.75) is 32.7 Å². The van der Waals surface area contributed by atoms with Gasteiger partial charge in [-0.25, -0.2) is 4.79 Å². The van der Waals surface area contributed by atoms with Gasteiger partial charge in [0, 0.05) is 17.6 Å². The van der Waals surface area contributed by atoms with Crippen LogP contribution in [0.3, 0.4) is 0 Å². The van der Waals surface area contributed by atoms with E-state index in [-0.39, 0.29) is 18.5 Å². The van der Waals surface area contributed by atoms with Crippen LogP contribution in [0.4, 0.5) is 4.79 Å². The van der Waals surface area contributed by atoms with Crippen molar-refractivity contribution >= 4 is 23.5 Å². The lowest BCUT2D eigenvalue weighted by Crippen LogP contribution is -2.44. The summed E-state index contributed by atoms with van der Waals surface area (Å²) in [6, 6.07) is 6.95. The van der Waals surface area contributed by atoms with E-state index in [0.717, 1.165) is 18.4 Å². The average molecular weight is 312 g/mol. The van der Waals surface area contributed by atoms with Crippen molar-refractivity contribution in [3.63, 3.8) is 0 Å². The second-order valence-corrected chi connectivity index (χ2v) is 5.25. The summed E-state index contributed by atoms with van der Waals surface area (Å²) in [6.45, 7) is 4.62. The van der Waals surface area contributed by atoms with E-state index in [9.17, 15) is 9.59 Å². The number of unbranched alkanes of at least 4 members (excludes halogenated alkanes) is 1. The van der Waals surface area contributed by atoms with Crippen molar-refractivity contribution < 1.29 is 9.59 Å². The van der Waals surface area contributed by atoms with Crippen molar-refractivity contribution in [3.8, 4) is 0 Å². The molecule has 0 aliphatic carbocycles. The maximum absolute atomic E-state index is 11.6. The van der Waals surface area contributed by atoms with Crippen molar-refractivity contribution in [2.75, 3.05) is 13.1 Å². The monoisotopic (exact) mass is 311 g/mol. The minimum absolute atomic E-state index is 0.00355. The molecule has 0 aromatic heterocycles. The Morgan fingerprint density at radius 3 is 2.52 bits per heavy atom. The summed E-state index contributed by atoms with van der Waals surface area (Å²) in [7, 11) is 0. The van der Waals surface area contributed by atoms with Gasteiger partial charge in [0.1, 0.15) is 0 Å². The van der Waals surface area contributed by atoms with E-state index in [1.807, 2.05) is 26.0 Å². The molecule has 0 fully saturated rings. The molecule has 6 heteroatoms. The van der Waals surface area contributed by atoms with E-state index in [1.54, 1.807) is 12.1 Å². The topological polar surface area (TPSA) is 70.2 Å². The highest BCUT2D eigenvalue weighted by molar-refractivity contribution is 6.30. The van der Waals surface area contributed by atoms with Crippen molar-refractivity contribution in [3.05, 3.63) is 34.9 Å². The van der Waals surface area contributed by atoms with Gasteiger partial charge in [-0.3, -0.25) is 10.1 Å². The maximum atomic E-state index is 11.6. The second-order valence-electron chi connectivity index (χ2n) is 4.81. The van der Waals surface area contributed by atoms with Gasteiger partial charge in [0.25, 0.3) is 0 Å². The van der Waals surface area contributed by atoms with Crippen LogP contribution in [0.15, 0.2) is 24.3 Å². The molecular formula is C15H22ClN3O2. The van der Waals surface area contributed by atoms with Gasteiger partial charge in [0.15, 0.2) is 0 Å². The molecule has 21 heavy (non-hydrogen) atoms. The second kappa shape index (κ2) is 9.37. The molecule has 0 spiro atoms. The van der Waals surface area contributed by atoms with E-state index >= 15 is 0 Å². The lowest BCUT2D eigenvalue weighted by Gasteiger charge is -2.14. The predicted molar refractivity (Wildman–Crippen MR) is 84.3 cm³/mol. The smallest absolute Gasteiger partial charge is 0.321 e. The number of amides is 3. The number of urea groups is 1. The summed E-state index contributed by atoms with van der Waals surface area (Å²) in [6.07, 6.45) is 1.89. The first-order valence-corrected chi connectivity index (χ1v) is 7.47. The Labute approximate surface area is 130 Å². The molecule has 0 unspecified atom stereocenters. The van der Waals surface area contributed by atoms with Gasteiger partial charge in [0.05, 0.1) is 6.54 Å². The summed E-state index contributed by atoms with van der Waals surface area (Å²) >= 11 is 5.82. The lowest BCUT2D eigenvalue weighted by molar-refractivity contribution is -0.119. The zero-order chi connectivity index (χ0) is 15.7. The Morgan fingerprint density at radius 2 is 1.90 bits per heavy atom. The third-order valence-corrected chi connectivity index (χ3v) is 3.26. The van der Waals surface area contributed by atoms with E-state index in [4.69, 9.17) is 11.6 Å². The Bertz CT molecular complexity index is 462. The number of hydrogen-bond acceptors (Lipinski definition) is 3. The van der Waals surface area contributed by atoms with Crippen LogP contribution in [0.25, 0.3) is 0 Å². The van der Waals surface area contributed by atoms with Crippen LogP contribution in [0.1, 0.15) is 38.3 Å². The summed E-state index contributed by atoms with van der Waals surface area (Å²) in [4.78, 5) is 23.0. The molecule has 3 amide bonds. The number of hydrogen-bond donors (Lipinski definition) is 3. The molecule has 1 rings (SSSR count). The first-order chi connectivity index (χ1) is 10.0. The number of nitrogens with one attached hydrogen (secondary N) is 3. The molecule has 5 nitrogen and oxygen atoms in total. The molecule has 0 bridgehead atoms. The summed E-state index contributed by atoms with van der Waals surface area (Å²) in [5.41, 5.74) is 1.03. The fourth-order valence-corrected chi connectivity index (χ4v) is 1.83. The highest BCUT2D eigenvalue weighted by atomic mass is 35.5. The SMILES string of the molecule is CCCCNC(=O)NC(=O)CN[C@H](C)c1ccc(Cl)cc1. The lowest BCUT2D eigenvalue weighted by atomic mass is 10.1. The Hall–Kier alpha value is -1.59. The van der Waals surface area contributed by atoms with Crippen LogP contribution in [0.2, 0.25) is 5.02 Å². The molecule has 1 aromatic carbocycles. The molecule has 0 aliphatic heterocycles. The zero-order valence-corrected chi connectivity index (χ0v) is 13.2. The summed E-state index contributed by atoms with van der Waals surface area (Å²) < 4.78 is 0. The first-order valence-electron chi connectivity index (χ1n) is 7.09. The first kappa shape index (κ1) is 17.5. The molecule has 3 N–H and O–H groups in total. The van der Waals surface area contributed by atoms with Crippen LogP contribution in [-0.2, 0) is 4.79 Å². The Kier molecular flexibility index (Phi) is 7.79. The van der Waals surface area contributed by atoms with Gasteiger partial charge in [0.2, 0.25) is 5.91 Å². The van der Waals surface area contributed by atoms with Crippen molar-refractivity contribution in [1.82, 2.24) is 16.0 Å². The number of imide groups is 1. The molecule has 0 radical (unpaired) electrons. The number of halogens is 1. The van der Waals surface area contributed by atoms with Gasteiger partial charge in [-0.15, -0.1) is 0 Å². The summed E-state index contributed by atoms with van der Waals surface area (Å²) in [5, 5.41) is 8.64. The van der Waals surface area contributed by atoms with E-state index in [1.165, 1.54) is 0 Å². The highest BCUT2D eigenvalue weighted by Crippen LogP contribution is 2.15. The molecule has 0 heterocycles. The minimum Gasteiger partial charge on any atom is -0.338 e. The minimum atomic E-state index is -0.450. The number of carbonyl (C=O) groups is 2. The standard InChI is InChI=1S/C15H22ClN3O2/c1-3-4-9-17-15(21)19-14(20)10-18-11(2)12-5-7-13(16)8-6-12/h5-8,11,18H,3-4,9-10H2,1-2H3,(H2,17,19,20,21)/t11-/m1/s1. The number of carbonyl (C=O) groups excluding carboxylic acids is 2. The molecular weight excluding hydrogens is 290 g/mol. The fraction of sp³-hybridized carbons (Fsp3) is 0.467. The van der Waals surface area contributed by atoms with E-state index < -0.39 is 6.03 Å². The van der Waals surface area contributed by atoms with Crippen LogP contribution in [0, 0.1) is 0 Å². The fourth-order valence-electron chi connectivity index (χ4n) is 1.71. The van der Waals surface area contributed by atoms with Gasteiger partial charge < -0.3 is 10.6 Å². The molecule has 116 valence electrons. The average Bonchev–Trinajstić information content (AvgIpc) is 2.46. The van der Waals surface area contributed by atoms with E-state index in [0.29, 0.717) is 11.6 Å². The van der Waals surface area contributed by atoms with Crippen LogP contribution in [0.5, 0.6) is 0 Å². The van der Waals surface area contributed by atoms with Crippen LogP contribution >= 0.6 is 11.6 Å². The van der Waals surface area contributed by atoms with Gasteiger partial charge in [-0.1, -0.05) is 37.1 Å². The van der Waals surface area contributed by atoms with Crippen LogP contribution < -0.4 is 16.0 Å². The normalized spacial score (nSPS) is 11.8. The van der Waals surface area contributed by atoms with Gasteiger partial charge >= 0.3 is 6.03 Å². The molecule has 0 aliphatic rings. The Balaban J connectivity index is 2.29. The Morgan fingerprint density at radius 1 is 1.24 bits per heavy atom. The van der Waals surface area contributed by atoms with Gasteiger partial charge in [-0.2, -0.15) is 0 Å². The summed E-state index contributed by atoms with van der Waals surface area (Å²) in [5.74, 6) is -0.357. The van der Waals surface area contributed by atoms with E-state index in [2.05, 4.69) is 16.0 Å². The molecule has 0 saturated carbocycles. The van der Waals surface area contributed by atoms with Crippen molar-refractivity contribution in [2.24, 2.45) is 0 Å². The molecule has 1 aromatic rings. The largest absolute Gasteiger partial charge is 0.338 e. The highest BCUT2D eigenvalue weighted by Gasteiger charge is 2.10. The number of benzene rings is 1. The van der Waals surface area contributed by atoms with Gasteiger partial charge in [-0.05, 0) is 31.0 Å². The maximum Gasteiger partial charge on any atom is 0.321 e. The predicted octanol–water partition coefficient (Wildman–Crippen LogP) is 2.62. The number of rotatable bonds is 7. The zero-order valence-electron chi connectivity index (χ0n) is 12.4. The third-order valence-electron chi connectivity index (χ3n) is 3.01. The quantitative estimate of drug-likeness (QED) is 0.678. The molecule has 0 saturated heterocycles. The van der Waals surface area contributed by atoms with Crippen LogP contribution in [-0.4, -0.2) is 25.0 Å². The molecule has 1 atom stereocenters. The van der Waals surface area contributed by atoms with Crippen molar-refractivity contribution in [1.29, 1.82) is 0 Å².